The molecule has 2 amide bonds. The molecule has 0 saturated carbocycles. The number of ether oxygens (including phenoxy) is 1. The van der Waals surface area contributed by atoms with Crippen LogP contribution in [0.15, 0.2) is 12.2 Å². The van der Waals surface area contributed by atoms with Crippen LogP contribution >= 0.6 is 0 Å². The first-order chi connectivity index (χ1) is 5.68. The molecule has 12 heavy (non-hydrogen) atoms. The van der Waals surface area contributed by atoms with Crippen molar-refractivity contribution in [2.45, 2.75) is 19.4 Å². The Morgan fingerprint density at radius 2 is 1.83 bits per heavy atom. The molecular formula is C8H11NO3. The summed E-state index contributed by atoms with van der Waals surface area (Å²) in [4.78, 5) is 20.1. The van der Waals surface area contributed by atoms with E-state index in [0.717, 1.165) is 6.61 Å². The van der Waals surface area contributed by atoms with E-state index in [1.54, 1.807) is 0 Å². The fourth-order valence-electron chi connectivity index (χ4n) is 0.710. The molecule has 2 heterocycles. The van der Waals surface area contributed by atoms with Crippen molar-refractivity contribution < 1.29 is 14.3 Å². The molecule has 4 heteroatoms. The van der Waals surface area contributed by atoms with Crippen LogP contribution in [0.1, 0.15) is 13.3 Å². The predicted molar refractivity (Wildman–Crippen MR) is 42.3 cm³/mol. The third-order valence-corrected chi connectivity index (χ3v) is 1.56. The van der Waals surface area contributed by atoms with Crippen LogP contribution in [0.5, 0.6) is 0 Å². The molecule has 0 spiro atoms. The lowest BCUT2D eigenvalue weighted by Gasteiger charge is -2.20. The van der Waals surface area contributed by atoms with Crippen molar-refractivity contribution >= 4 is 11.8 Å². The minimum atomic E-state index is -0.329. The zero-order valence-electron chi connectivity index (χ0n) is 6.87. The molecule has 1 atom stereocenters. The van der Waals surface area contributed by atoms with E-state index >= 15 is 0 Å². The van der Waals surface area contributed by atoms with Crippen LogP contribution < -0.4 is 5.32 Å². The summed E-state index contributed by atoms with van der Waals surface area (Å²) in [5.74, 6) is -0.657. The normalized spacial score (nSPS) is 25.6. The van der Waals surface area contributed by atoms with E-state index in [1.807, 2.05) is 5.32 Å². The smallest absolute Gasteiger partial charge is 0.250 e. The summed E-state index contributed by atoms with van der Waals surface area (Å²) in [5, 5.41) is 2.03. The van der Waals surface area contributed by atoms with E-state index in [0.29, 0.717) is 6.10 Å². The van der Waals surface area contributed by atoms with E-state index in [9.17, 15) is 9.59 Å². The van der Waals surface area contributed by atoms with Gasteiger partial charge in [-0.25, -0.2) is 0 Å². The molecule has 0 aromatic rings. The molecular weight excluding hydrogens is 158 g/mol. The molecule has 2 rings (SSSR count). The third kappa shape index (κ3) is 2.84. The first-order valence-corrected chi connectivity index (χ1v) is 3.83. The lowest BCUT2D eigenvalue weighted by atomic mass is 10.2. The summed E-state index contributed by atoms with van der Waals surface area (Å²) in [6.45, 7) is 3.07. The quantitative estimate of drug-likeness (QED) is 0.519. The molecule has 1 unspecified atom stereocenters. The van der Waals surface area contributed by atoms with Gasteiger partial charge in [0.05, 0.1) is 6.10 Å². The Hall–Kier alpha value is -1.16. The van der Waals surface area contributed by atoms with Crippen LogP contribution in [0.4, 0.5) is 0 Å². The Bertz CT molecular complexity index is 202. The average Bonchev–Trinajstić information content (AvgIpc) is 2.32. The first kappa shape index (κ1) is 8.93. The molecule has 1 saturated heterocycles. The van der Waals surface area contributed by atoms with Gasteiger partial charge >= 0.3 is 0 Å². The Morgan fingerprint density at radius 3 is 1.92 bits per heavy atom. The number of hydrogen-bond acceptors (Lipinski definition) is 3. The molecule has 2 aliphatic heterocycles. The van der Waals surface area contributed by atoms with Gasteiger partial charge in [0.25, 0.3) is 11.8 Å². The zero-order valence-corrected chi connectivity index (χ0v) is 6.87. The standard InChI is InChI=1S/C4H3NO2.C4H8O/c6-3-1-2-4(7)5-3;1-4-2-3-5-4/h1-2H,(H,5,6,7);4H,2-3H2,1H3. The highest BCUT2D eigenvalue weighted by Crippen LogP contribution is 2.07. The van der Waals surface area contributed by atoms with Gasteiger partial charge in [0.1, 0.15) is 0 Å². The van der Waals surface area contributed by atoms with E-state index in [-0.39, 0.29) is 11.8 Å². The van der Waals surface area contributed by atoms with E-state index < -0.39 is 0 Å². The molecule has 1 N–H and O–H groups in total. The van der Waals surface area contributed by atoms with Crippen LogP contribution in [-0.2, 0) is 14.3 Å². The van der Waals surface area contributed by atoms with Gasteiger partial charge < -0.3 is 4.74 Å². The first-order valence-electron chi connectivity index (χ1n) is 3.83. The van der Waals surface area contributed by atoms with Crippen molar-refractivity contribution in [3.05, 3.63) is 12.2 Å². The summed E-state index contributed by atoms with van der Waals surface area (Å²) in [5.41, 5.74) is 0. The largest absolute Gasteiger partial charge is 0.378 e. The average molecular weight is 169 g/mol. The Morgan fingerprint density at radius 1 is 1.42 bits per heavy atom. The zero-order chi connectivity index (χ0) is 8.97. The van der Waals surface area contributed by atoms with Crippen molar-refractivity contribution in [2.24, 2.45) is 0 Å². The highest BCUT2D eigenvalue weighted by Gasteiger charge is 2.09. The van der Waals surface area contributed by atoms with Gasteiger partial charge in [-0.3, -0.25) is 14.9 Å². The van der Waals surface area contributed by atoms with Gasteiger partial charge in [0, 0.05) is 18.8 Å². The lowest BCUT2D eigenvalue weighted by molar-refractivity contribution is -0.123. The second-order valence-corrected chi connectivity index (χ2v) is 2.66. The molecule has 0 aromatic heterocycles. The second kappa shape index (κ2) is 4.01. The van der Waals surface area contributed by atoms with Gasteiger partial charge in [0.15, 0.2) is 0 Å². The Kier molecular flexibility index (Phi) is 2.99. The van der Waals surface area contributed by atoms with Crippen LogP contribution in [0.3, 0.4) is 0 Å². The van der Waals surface area contributed by atoms with Crippen molar-refractivity contribution in [1.82, 2.24) is 5.32 Å². The molecule has 2 aliphatic rings. The SMILES string of the molecule is CC1CCO1.O=C1C=CC(=O)N1. The number of imide groups is 1. The summed E-state index contributed by atoms with van der Waals surface area (Å²) >= 11 is 0. The summed E-state index contributed by atoms with van der Waals surface area (Å²) in [7, 11) is 0. The molecule has 0 aromatic carbocycles. The third-order valence-electron chi connectivity index (χ3n) is 1.56. The lowest BCUT2D eigenvalue weighted by Crippen LogP contribution is -2.22. The Balaban J connectivity index is 0.000000127. The molecule has 0 bridgehead atoms. The number of amides is 2. The van der Waals surface area contributed by atoms with Crippen LogP contribution in [-0.4, -0.2) is 24.5 Å². The minimum absolute atomic E-state index is 0.329. The number of carbonyl (C=O) groups is 2. The monoisotopic (exact) mass is 169 g/mol. The second-order valence-electron chi connectivity index (χ2n) is 2.66. The highest BCUT2D eigenvalue weighted by molar-refractivity contribution is 6.12. The molecule has 4 nitrogen and oxygen atoms in total. The maximum atomic E-state index is 10.0. The summed E-state index contributed by atoms with van der Waals surface area (Å²) in [6, 6.07) is 0. The molecule has 1 fully saturated rings. The highest BCUT2D eigenvalue weighted by atomic mass is 16.5. The van der Waals surface area contributed by atoms with Crippen LogP contribution in [0, 0.1) is 0 Å². The van der Waals surface area contributed by atoms with E-state index in [4.69, 9.17) is 4.74 Å². The summed E-state index contributed by atoms with van der Waals surface area (Å²) in [6.07, 6.45) is 4.22. The Labute approximate surface area is 70.6 Å². The van der Waals surface area contributed by atoms with Crippen molar-refractivity contribution in [1.29, 1.82) is 0 Å². The topological polar surface area (TPSA) is 55.4 Å². The molecule has 0 radical (unpaired) electrons. The van der Waals surface area contributed by atoms with Crippen LogP contribution in [0.25, 0.3) is 0 Å². The van der Waals surface area contributed by atoms with Crippen molar-refractivity contribution in [2.75, 3.05) is 6.61 Å². The van der Waals surface area contributed by atoms with E-state index in [2.05, 4.69) is 6.92 Å². The fourth-order valence-corrected chi connectivity index (χ4v) is 0.710. The molecule has 0 aliphatic carbocycles. The van der Waals surface area contributed by atoms with Gasteiger partial charge in [-0.2, -0.15) is 0 Å². The maximum absolute atomic E-state index is 10.0. The number of rotatable bonds is 0. The molecule has 66 valence electrons. The number of carbonyl (C=O) groups excluding carboxylic acids is 2. The van der Waals surface area contributed by atoms with Gasteiger partial charge in [-0.05, 0) is 13.3 Å². The fraction of sp³-hybridized carbons (Fsp3) is 0.500. The van der Waals surface area contributed by atoms with Crippen molar-refractivity contribution in [3.63, 3.8) is 0 Å². The van der Waals surface area contributed by atoms with Crippen molar-refractivity contribution in [3.8, 4) is 0 Å². The van der Waals surface area contributed by atoms with E-state index in [1.165, 1.54) is 18.6 Å². The van der Waals surface area contributed by atoms with Gasteiger partial charge in [-0.15, -0.1) is 0 Å². The maximum Gasteiger partial charge on any atom is 0.250 e. The van der Waals surface area contributed by atoms with Gasteiger partial charge in [-0.1, -0.05) is 0 Å². The predicted octanol–water partition coefficient (Wildman–Crippen LogP) is -0.00580. The van der Waals surface area contributed by atoms with Gasteiger partial charge in [0.2, 0.25) is 0 Å². The number of hydrogen-bond donors (Lipinski definition) is 1. The number of nitrogens with one attached hydrogen (secondary N) is 1. The van der Waals surface area contributed by atoms with Crippen LogP contribution in [0.2, 0.25) is 0 Å². The minimum Gasteiger partial charge on any atom is -0.378 e. The summed E-state index contributed by atoms with van der Waals surface area (Å²) < 4.78 is 4.93.